The quantitative estimate of drug-likeness (QED) is 0.239. The lowest BCUT2D eigenvalue weighted by Crippen LogP contribution is -2.47. The van der Waals surface area contributed by atoms with Gasteiger partial charge in [-0.1, -0.05) is 86.0 Å². The van der Waals surface area contributed by atoms with Crippen LogP contribution in [0.1, 0.15) is 28.1 Å². The maximum absolute atomic E-state index is 12.8. The second-order valence-electron chi connectivity index (χ2n) is 8.82. The van der Waals surface area contributed by atoms with E-state index in [4.69, 9.17) is 0 Å². The van der Waals surface area contributed by atoms with E-state index in [1.807, 2.05) is 87.8 Å². The SMILES string of the molecule is C=CN(Cc1ccc(NS(=O)c2c(C)n[nH]c2C)cc1)C(=C)C(NC)(c1ccccc1)c1ccccc1. The lowest BCUT2D eigenvalue weighted by Gasteiger charge is -2.41. The monoisotopic (exact) mass is 511 g/mol. The summed E-state index contributed by atoms with van der Waals surface area (Å²) in [5.74, 6) is 0. The van der Waals surface area contributed by atoms with Gasteiger partial charge in [-0.15, -0.1) is 0 Å². The van der Waals surface area contributed by atoms with Crippen LogP contribution in [0, 0.1) is 13.8 Å². The Balaban J connectivity index is 1.58. The van der Waals surface area contributed by atoms with Gasteiger partial charge >= 0.3 is 0 Å². The molecule has 1 unspecified atom stereocenters. The van der Waals surface area contributed by atoms with E-state index < -0.39 is 16.5 Å². The average molecular weight is 512 g/mol. The Labute approximate surface area is 221 Å². The van der Waals surface area contributed by atoms with Crippen LogP contribution < -0.4 is 10.0 Å². The molecule has 0 bridgehead atoms. The molecule has 0 aliphatic carbocycles. The van der Waals surface area contributed by atoms with Crippen LogP contribution in [-0.2, 0) is 23.1 Å². The van der Waals surface area contributed by atoms with Crippen LogP contribution in [-0.4, -0.2) is 26.4 Å². The molecule has 0 amide bonds. The molecule has 0 aliphatic rings. The van der Waals surface area contributed by atoms with E-state index in [0.717, 1.165) is 39.5 Å². The van der Waals surface area contributed by atoms with Crippen molar-refractivity contribution in [2.75, 3.05) is 11.8 Å². The summed E-state index contributed by atoms with van der Waals surface area (Å²) in [6.45, 7) is 12.9. The van der Waals surface area contributed by atoms with Crippen molar-refractivity contribution in [3.8, 4) is 0 Å². The van der Waals surface area contributed by atoms with Crippen molar-refractivity contribution in [3.05, 3.63) is 138 Å². The lowest BCUT2D eigenvalue weighted by atomic mass is 9.79. The van der Waals surface area contributed by atoms with E-state index in [0.29, 0.717) is 11.4 Å². The number of anilines is 1. The van der Waals surface area contributed by atoms with Crippen molar-refractivity contribution >= 4 is 16.7 Å². The van der Waals surface area contributed by atoms with Crippen LogP contribution in [0.5, 0.6) is 0 Å². The molecule has 37 heavy (non-hydrogen) atoms. The molecule has 1 atom stereocenters. The summed E-state index contributed by atoms with van der Waals surface area (Å²) in [7, 11) is 0.554. The van der Waals surface area contributed by atoms with Crippen molar-refractivity contribution in [3.63, 3.8) is 0 Å². The number of benzene rings is 3. The highest BCUT2D eigenvalue weighted by Crippen LogP contribution is 2.38. The largest absolute Gasteiger partial charge is 0.346 e. The first-order valence-electron chi connectivity index (χ1n) is 12.1. The molecular weight excluding hydrogens is 478 g/mol. The summed E-state index contributed by atoms with van der Waals surface area (Å²) in [6.07, 6.45) is 1.81. The Morgan fingerprint density at radius 3 is 2.03 bits per heavy atom. The van der Waals surface area contributed by atoms with Gasteiger partial charge in [-0.05, 0) is 55.9 Å². The van der Waals surface area contributed by atoms with E-state index in [1.54, 1.807) is 0 Å². The summed E-state index contributed by atoms with van der Waals surface area (Å²) in [6, 6.07) is 28.5. The van der Waals surface area contributed by atoms with Crippen LogP contribution in [0.25, 0.3) is 0 Å². The van der Waals surface area contributed by atoms with Gasteiger partial charge in [-0.3, -0.25) is 5.10 Å². The third-order valence-corrected chi connectivity index (χ3v) is 7.95. The first-order chi connectivity index (χ1) is 17.9. The van der Waals surface area contributed by atoms with Gasteiger partial charge in [-0.2, -0.15) is 5.10 Å². The topological polar surface area (TPSA) is 73.0 Å². The number of H-pyrrole nitrogens is 1. The van der Waals surface area contributed by atoms with Crippen LogP contribution in [0.4, 0.5) is 5.69 Å². The molecule has 0 saturated carbocycles. The minimum absolute atomic E-state index is 0.578. The molecule has 1 aromatic heterocycles. The van der Waals surface area contributed by atoms with Crippen molar-refractivity contribution in [2.24, 2.45) is 0 Å². The van der Waals surface area contributed by atoms with E-state index in [-0.39, 0.29) is 0 Å². The van der Waals surface area contributed by atoms with Crippen LogP contribution in [0.15, 0.2) is 115 Å². The molecule has 0 saturated heterocycles. The number of hydrogen-bond donors (Lipinski definition) is 3. The van der Waals surface area contributed by atoms with Crippen molar-refractivity contribution in [1.82, 2.24) is 20.4 Å². The fourth-order valence-corrected chi connectivity index (χ4v) is 5.73. The number of hydrogen-bond acceptors (Lipinski definition) is 4. The number of aromatic amines is 1. The number of aromatic nitrogens is 2. The minimum atomic E-state index is -1.40. The van der Waals surface area contributed by atoms with E-state index >= 15 is 0 Å². The zero-order chi connectivity index (χ0) is 26.4. The number of nitrogens with one attached hydrogen (secondary N) is 3. The third-order valence-electron chi connectivity index (χ3n) is 6.55. The molecule has 3 aromatic carbocycles. The van der Waals surface area contributed by atoms with Crippen molar-refractivity contribution < 1.29 is 4.21 Å². The van der Waals surface area contributed by atoms with Gasteiger partial charge in [0, 0.05) is 17.9 Å². The maximum Gasteiger partial charge on any atom is 0.154 e. The van der Waals surface area contributed by atoms with Crippen molar-refractivity contribution in [1.29, 1.82) is 0 Å². The Hall–Kier alpha value is -3.94. The standard InChI is InChI=1S/C30H33N5OS/c1-6-35(21-25-17-19-28(20-18-25)34-37(36)29-22(2)32-33-23(29)3)24(4)30(31-5,26-13-9-7-10-14-26)27-15-11-8-12-16-27/h6-20,31,34H,1,4,21H2,2-3,5H3,(H,32,33). The summed E-state index contributed by atoms with van der Waals surface area (Å²) >= 11 is 0. The fourth-order valence-electron chi connectivity index (χ4n) is 4.64. The molecular formula is C30H33N5OS. The normalized spacial score (nSPS) is 12.1. The number of nitrogens with zero attached hydrogens (tertiary/aromatic N) is 2. The highest BCUT2D eigenvalue weighted by Gasteiger charge is 2.38. The molecule has 0 radical (unpaired) electrons. The van der Waals surface area contributed by atoms with E-state index in [1.165, 1.54) is 0 Å². The highest BCUT2D eigenvalue weighted by atomic mass is 32.2. The number of likely N-dealkylation sites (N-methyl/N-ethyl adjacent to an activating group) is 1. The maximum atomic E-state index is 12.8. The Kier molecular flexibility index (Phi) is 8.06. The Bertz CT molecular complexity index is 1320. The molecule has 1 heterocycles. The lowest BCUT2D eigenvalue weighted by molar-refractivity contribution is 0.352. The highest BCUT2D eigenvalue weighted by molar-refractivity contribution is 7.86. The smallest absolute Gasteiger partial charge is 0.154 e. The molecule has 4 aromatic rings. The van der Waals surface area contributed by atoms with Gasteiger partial charge in [0.1, 0.15) is 10.4 Å². The predicted molar refractivity (Wildman–Crippen MR) is 152 cm³/mol. The van der Waals surface area contributed by atoms with Gasteiger partial charge in [0.25, 0.3) is 0 Å². The number of rotatable bonds is 11. The number of aryl methyl sites for hydroxylation is 2. The summed E-state index contributed by atoms with van der Waals surface area (Å²) in [5.41, 5.74) is 5.75. The van der Waals surface area contributed by atoms with E-state index in [2.05, 4.69) is 62.6 Å². The van der Waals surface area contributed by atoms with Gasteiger partial charge in [-0.25, -0.2) is 4.21 Å². The van der Waals surface area contributed by atoms with Gasteiger partial charge < -0.3 is 14.9 Å². The summed E-state index contributed by atoms with van der Waals surface area (Å²) in [5, 5.41) is 10.6. The molecule has 0 spiro atoms. The molecule has 190 valence electrons. The second kappa shape index (κ2) is 11.4. The summed E-state index contributed by atoms with van der Waals surface area (Å²) in [4.78, 5) is 2.75. The molecule has 3 N–H and O–H groups in total. The molecule has 7 heteroatoms. The Morgan fingerprint density at radius 1 is 1.00 bits per heavy atom. The molecule has 0 aliphatic heterocycles. The zero-order valence-electron chi connectivity index (χ0n) is 21.5. The summed E-state index contributed by atoms with van der Waals surface area (Å²) < 4.78 is 15.9. The zero-order valence-corrected chi connectivity index (χ0v) is 22.3. The Morgan fingerprint density at radius 2 is 1.57 bits per heavy atom. The second-order valence-corrected chi connectivity index (χ2v) is 9.97. The molecule has 4 rings (SSSR count). The van der Waals surface area contributed by atoms with Crippen LogP contribution >= 0.6 is 0 Å². The first-order valence-corrected chi connectivity index (χ1v) is 13.2. The van der Waals surface area contributed by atoms with Gasteiger partial charge in [0.05, 0.1) is 11.4 Å². The average Bonchev–Trinajstić information content (AvgIpc) is 3.27. The van der Waals surface area contributed by atoms with Gasteiger partial charge in [0.2, 0.25) is 0 Å². The minimum Gasteiger partial charge on any atom is -0.346 e. The first kappa shape index (κ1) is 26.1. The molecule has 0 fully saturated rings. The molecule has 6 nitrogen and oxygen atoms in total. The van der Waals surface area contributed by atoms with Crippen molar-refractivity contribution in [2.45, 2.75) is 30.8 Å². The van der Waals surface area contributed by atoms with Gasteiger partial charge in [0.15, 0.2) is 11.0 Å². The fraction of sp³-hybridized carbons (Fsp3) is 0.167. The van der Waals surface area contributed by atoms with Crippen LogP contribution in [0.2, 0.25) is 0 Å². The third kappa shape index (κ3) is 5.28. The van der Waals surface area contributed by atoms with E-state index in [9.17, 15) is 4.21 Å². The predicted octanol–water partition coefficient (Wildman–Crippen LogP) is 5.78. The van der Waals surface area contributed by atoms with Crippen LogP contribution in [0.3, 0.4) is 0 Å².